The Labute approximate surface area is 128 Å². The molecule has 2 heterocycles. The van der Waals surface area contributed by atoms with Crippen molar-refractivity contribution in [1.29, 1.82) is 0 Å². The summed E-state index contributed by atoms with van der Waals surface area (Å²) in [4.78, 5) is 37.7. The number of amides is 2. The minimum atomic E-state index is -0.729. The topological polar surface area (TPSA) is 88.9 Å². The van der Waals surface area contributed by atoms with Crippen molar-refractivity contribution >= 4 is 17.8 Å². The van der Waals surface area contributed by atoms with Crippen molar-refractivity contribution in [3.05, 3.63) is 24.2 Å². The van der Waals surface area contributed by atoms with E-state index in [9.17, 15) is 14.4 Å². The second-order valence-electron chi connectivity index (χ2n) is 5.27. The molecule has 1 fully saturated rings. The molecule has 0 radical (unpaired) electrons. The Bertz CT molecular complexity index is 540. The van der Waals surface area contributed by atoms with Crippen molar-refractivity contribution in [1.82, 2.24) is 10.2 Å². The summed E-state index contributed by atoms with van der Waals surface area (Å²) < 4.78 is 9.60. The summed E-state index contributed by atoms with van der Waals surface area (Å²) >= 11 is 0. The van der Waals surface area contributed by atoms with Gasteiger partial charge in [0.15, 0.2) is 0 Å². The van der Waals surface area contributed by atoms with E-state index >= 15 is 0 Å². The predicted molar refractivity (Wildman–Crippen MR) is 77.0 cm³/mol. The molecule has 1 aromatic heterocycles. The summed E-state index contributed by atoms with van der Waals surface area (Å²) in [7, 11) is 1.31. The molecule has 0 bridgehead atoms. The van der Waals surface area contributed by atoms with E-state index in [1.54, 1.807) is 6.92 Å². The quantitative estimate of drug-likeness (QED) is 0.837. The van der Waals surface area contributed by atoms with Gasteiger partial charge in [0.25, 0.3) is 5.91 Å². The Morgan fingerprint density at radius 3 is 2.82 bits per heavy atom. The number of furan rings is 1. The fraction of sp³-hybridized carbons (Fsp3) is 0.533. The standard InChI is InChI=1S/C15H20N2O5/c1-10(16-13(18)11-6-8-22-9-11)14(19)17-7-4-3-5-12(17)15(20)21-2/h6,8-10,12H,3-5,7H2,1-2H3,(H,16,18)/t10-,12+/m1/s1. The van der Waals surface area contributed by atoms with Crippen LogP contribution in [0.15, 0.2) is 23.0 Å². The van der Waals surface area contributed by atoms with Gasteiger partial charge in [-0.3, -0.25) is 9.59 Å². The van der Waals surface area contributed by atoms with Gasteiger partial charge in [-0.25, -0.2) is 4.79 Å². The second kappa shape index (κ2) is 7.11. The minimum absolute atomic E-state index is 0.285. The molecule has 2 rings (SSSR count). The van der Waals surface area contributed by atoms with Crippen LogP contribution in [0.4, 0.5) is 0 Å². The van der Waals surface area contributed by atoms with Gasteiger partial charge in [-0.2, -0.15) is 0 Å². The Morgan fingerprint density at radius 2 is 2.18 bits per heavy atom. The lowest BCUT2D eigenvalue weighted by molar-refractivity contribution is -0.155. The van der Waals surface area contributed by atoms with Crippen molar-refractivity contribution in [3.63, 3.8) is 0 Å². The van der Waals surface area contributed by atoms with Gasteiger partial charge in [0.2, 0.25) is 5.91 Å². The van der Waals surface area contributed by atoms with Gasteiger partial charge in [0.05, 0.1) is 18.9 Å². The molecule has 7 heteroatoms. The van der Waals surface area contributed by atoms with E-state index in [-0.39, 0.29) is 11.8 Å². The van der Waals surface area contributed by atoms with Crippen LogP contribution in [0.2, 0.25) is 0 Å². The molecule has 2 atom stereocenters. The zero-order valence-electron chi connectivity index (χ0n) is 12.7. The van der Waals surface area contributed by atoms with Crippen LogP contribution in [0, 0.1) is 0 Å². The van der Waals surface area contributed by atoms with E-state index in [1.807, 2.05) is 0 Å². The number of carbonyl (C=O) groups is 3. The van der Waals surface area contributed by atoms with Crippen molar-refractivity contribution in [2.45, 2.75) is 38.3 Å². The van der Waals surface area contributed by atoms with E-state index in [4.69, 9.17) is 9.15 Å². The fourth-order valence-corrected chi connectivity index (χ4v) is 2.56. The maximum absolute atomic E-state index is 12.5. The molecule has 0 spiro atoms. The van der Waals surface area contributed by atoms with Gasteiger partial charge in [-0.15, -0.1) is 0 Å². The van der Waals surface area contributed by atoms with Gasteiger partial charge in [0, 0.05) is 6.54 Å². The number of piperidine rings is 1. The van der Waals surface area contributed by atoms with Crippen LogP contribution < -0.4 is 5.32 Å². The van der Waals surface area contributed by atoms with Crippen molar-refractivity contribution in [2.75, 3.05) is 13.7 Å². The molecule has 120 valence electrons. The first-order valence-electron chi connectivity index (χ1n) is 7.26. The van der Waals surface area contributed by atoms with Gasteiger partial charge < -0.3 is 19.4 Å². The molecule has 1 N–H and O–H groups in total. The van der Waals surface area contributed by atoms with E-state index in [1.165, 1.54) is 30.6 Å². The highest BCUT2D eigenvalue weighted by Gasteiger charge is 2.35. The molecule has 0 saturated carbocycles. The molecule has 7 nitrogen and oxygen atoms in total. The normalized spacial score (nSPS) is 19.4. The molecule has 1 aromatic rings. The van der Waals surface area contributed by atoms with Crippen LogP contribution in [-0.2, 0) is 14.3 Å². The minimum Gasteiger partial charge on any atom is -0.472 e. The number of carbonyl (C=O) groups excluding carboxylic acids is 3. The Balaban J connectivity index is 2.02. The predicted octanol–water partition coefficient (Wildman–Crippen LogP) is 0.952. The molecular weight excluding hydrogens is 288 g/mol. The number of rotatable bonds is 4. The molecule has 1 aliphatic rings. The summed E-state index contributed by atoms with van der Waals surface area (Å²) in [5.74, 6) is -1.09. The lowest BCUT2D eigenvalue weighted by atomic mass is 10.0. The maximum Gasteiger partial charge on any atom is 0.328 e. The van der Waals surface area contributed by atoms with Crippen LogP contribution in [0.3, 0.4) is 0 Å². The van der Waals surface area contributed by atoms with E-state index < -0.39 is 18.1 Å². The summed E-state index contributed by atoms with van der Waals surface area (Å²) in [6.07, 6.45) is 4.99. The van der Waals surface area contributed by atoms with Crippen molar-refractivity contribution in [3.8, 4) is 0 Å². The van der Waals surface area contributed by atoms with Crippen LogP contribution in [-0.4, -0.2) is 48.4 Å². The first kappa shape index (κ1) is 16.1. The summed E-state index contributed by atoms with van der Waals surface area (Å²) in [6, 6.07) is 0.220. The Hall–Kier alpha value is -2.31. The number of hydrogen-bond donors (Lipinski definition) is 1. The van der Waals surface area contributed by atoms with Crippen molar-refractivity contribution in [2.24, 2.45) is 0 Å². The van der Waals surface area contributed by atoms with Crippen molar-refractivity contribution < 1.29 is 23.5 Å². The van der Waals surface area contributed by atoms with Crippen LogP contribution in [0.25, 0.3) is 0 Å². The molecular formula is C15H20N2O5. The van der Waals surface area contributed by atoms with Gasteiger partial charge >= 0.3 is 5.97 Å². The average Bonchev–Trinajstić information content (AvgIpc) is 3.07. The Kier molecular flexibility index (Phi) is 5.19. The SMILES string of the molecule is COC(=O)[C@@H]1CCCCN1C(=O)[C@@H](C)NC(=O)c1ccoc1. The second-order valence-corrected chi connectivity index (χ2v) is 5.27. The summed E-state index contributed by atoms with van der Waals surface area (Å²) in [6.45, 7) is 2.09. The number of ether oxygens (including phenoxy) is 1. The zero-order chi connectivity index (χ0) is 16.1. The van der Waals surface area contributed by atoms with E-state index in [0.29, 0.717) is 18.5 Å². The first-order chi connectivity index (χ1) is 10.5. The Morgan fingerprint density at radius 1 is 1.41 bits per heavy atom. The maximum atomic E-state index is 12.5. The summed E-state index contributed by atoms with van der Waals surface area (Å²) in [5.41, 5.74) is 0.350. The lowest BCUT2D eigenvalue weighted by Crippen LogP contribution is -2.54. The molecule has 22 heavy (non-hydrogen) atoms. The molecule has 2 amide bonds. The third kappa shape index (κ3) is 3.47. The number of hydrogen-bond acceptors (Lipinski definition) is 5. The van der Waals surface area contributed by atoms with Gasteiger partial charge in [0.1, 0.15) is 18.3 Å². The van der Waals surface area contributed by atoms with Crippen LogP contribution in [0.5, 0.6) is 0 Å². The highest BCUT2D eigenvalue weighted by atomic mass is 16.5. The number of nitrogens with one attached hydrogen (secondary N) is 1. The largest absolute Gasteiger partial charge is 0.472 e. The summed E-state index contributed by atoms with van der Waals surface area (Å²) in [5, 5.41) is 2.61. The third-order valence-corrected chi connectivity index (χ3v) is 3.76. The number of esters is 1. The molecule has 0 unspecified atom stereocenters. The van der Waals surface area contributed by atoms with Crippen LogP contribution >= 0.6 is 0 Å². The number of nitrogens with zero attached hydrogens (tertiary/aromatic N) is 1. The molecule has 0 aliphatic carbocycles. The van der Waals surface area contributed by atoms with E-state index in [0.717, 1.165) is 12.8 Å². The number of likely N-dealkylation sites (tertiary alicyclic amines) is 1. The molecule has 1 aliphatic heterocycles. The zero-order valence-corrected chi connectivity index (χ0v) is 12.7. The first-order valence-corrected chi connectivity index (χ1v) is 7.26. The van der Waals surface area contributed by atoms with Gasteiger partial charge in [-0.05, 0) is 32.3 Å². The average molecular weight is 308 g/mol. The molecule has 1 saturated heterocycles. The smallest absolute Gasteiger partial charge is 0.328 e. The highest BCUT2D eigenvalue weighted by Crippen LogP contribution is 2.19. The van der Waals surface area contributed by atoms with E-state index in [2.05, 4.69) is 5.32 Å². The fourth-order valence-electron chi connectivity index (χ4n) is 2.56. The lowest BCUT2D eigenvalue weighted by Gasteiger charge is -2.35. The monoisotopic (exact) mass is 308 g/mol. The molecule has 0 aromatic carbocycles. The van der Waals surface area contributed by atoms with Gasteiger partial charge in [-0.1, -0.05) is 0 Å². The highest BCUT2D eigenvalue weighted by molar-refractivity contribution is 5.97. The number of methoxy groups -OCH3 is 1. The third-order valence-electron chi connectivity index (χ3n) is 3.76. The van der Waals surface area contributed by atoms with Crippen LogP contribution in [0.1, 0.15) is 36.5 Å².